The van der Waals surface area contributed by atoms with E-state index in [1.54, 1.807) is 19.1 Å². The van der Waals surface area contributed by atoms with E-state index in [0.29, 0.717) is 34.6 Å². The number of nitrogens with zero attached hydrogens (tertiary/aromatic N) is 2. The van der Waals surface area contributed by atoms with Crippen LogP contribution in [0, 0.1) is 0 Å². The molecule has 0 bridgehead atoms. The second-order valence-corrected chi connectivity index (χ2v) is 5.20. The Bertz CT molecular complexity index is 530. The molecule has 2 rings (SSSR count). The number of rotatable bonds is 2. The van der Waals surface area contributed by atoms with Crippen molar-refractivity contribution in [3.63, 3.8) is 0 Å². The molecule has 108 valence electrons. The number of aromatic hydroxyl groups is 1. The molecule has 0 saturated carbocycles. The van der Waals surface area contributed by atoms with E-state index in [1.807, 2.05) is 4.90 Å². The van der Waals surface area contributed by atoms with Crippen LogP contribution in [0.25, 0.3) is 0 Å². The molecule has 1 fully saturated rings. The molecule has 20 heavy (non-hydrogen) atoms. The number of hydrazone groups is 1. The van der Waals surface area contributed by atoms with Crippen LogP contribution in [0.2, 0.25) is 5.02 Å². The zero-order valence-electron chi connectivity index (χ0n) is 11.1. The van der Waals surface area contributed by atoms with Crippen LogP contribution in [0.4, 0.5) is 0 Å². The average Bonchev–Trinajstić information content (AvgIpc) is 2.47. The summed E-state index contributed by atoms with van der Waals surface area (Å²) in [5.41, 5.74) is 4.02. The minimum Gasteiger partial charge on any atom is -0.507 e. The Labute approximate surface area is 128 Å². The third-order valence-corrected chi connectivity index (χ3v) is 3.55. The maximum atomic E-state index is 9.79. The monoisotopic (exact) mass is 313 g/mol. The molecule has 0 aromatic heterocycles. The van der Waals surface area contributed by atoms with Gasteiger partial charge in [0.1, 0.15) is 5.75 Å². The number of phenols is 1. The average molecular weight is 314 g/mol. The lowest BCUT2D eigenvalue weighted by atomic mass is 10.1. The SMILES string of the molecule is C/C(=N\NC(=S)N1CCOCC1)c1cc(Cl)ccc1O. The van der Waals surface area contributed by atoms with Crippen LogP contribution in [0.15, 0.2) is 23.3 Å². The highest BCUT2D eigenvalue weighted by atomic mass is 35.5. The van der Waals surface area contributed by atoms with Crippen molar-refractivity contribution in [2.45, 2.75) is 6.92 Å². The first kappa shape index (κ1) is 15.0. The van der Waals surface area contributed by atoms with Crippen LogP contribution >= 0.6 is 23.8 Å². The van der Waals surface area contributed by atoms with Gasteiger partial charge in [0.25, 0.3) is 0 Å². The van der Waals surface area contributed by atoms with E-state index in [-0.39, 0.29) is 5.75 Å². The lowest BCUT2D eigenvalue weighted by molar-refractivity contribution is 0.0677. The third-order valence-electron chi connectivity index (χ3n) is 2.97. The molecule has 1 aliphatic heterocycles. The van der Waals surface area contributed by atoms with Crippen LogP contribution < -0.4 is 5.43 Å². The summed E-state index contributed by atoms with van der Waals surface area (Å²) >= 11 is 11.2. The maximum absolute atomic E-state index is 9.79. The first-order valence-corrected chi connectivity index (χ1v) is 7.02. The highest BCUT2D eigenvalue weighted by Gasteiger charge is 2.13. The number of ether oxygens (including phenoxy) is 1. The molecule has 0 radical (unpaired) electrons. The number of hydrogen-bond acceptors (Lipinski definition) is 4. The molecule has 0 aliphatic carbocycles. The molecule has 1 heterocycles. The smallest absolute Gasteiger partial charge is 0.189 e. The van der Waals surface area contributed by atoms with Crippen molar-refractivity contribution < 1.29 is 9.84 Å². The molecule has 1 aliphatic rings. The van der Waals surface area contributed by atoms with Crippen molar-refractivity contribution in [2.75, 3.05) is 26.3 Å². The number of nitrogens with one attached hydrogen (secondary N) is 1. The number of morpholine rings is 1. The Morgan fingerprint density at radius 2 is 2.15 bits per heavy atom. The van der Waals surface area contributed by atoms with E-state index in [1.165, 1.54) is 6.07 Å². The summed E-state index contributed by atoms with van der Waals surface area (Å²) in [5, 5.41) is 15.1. The van der Waals surface area contributed by atoms with E-state index >= 15 is 0 Å². The molecule has 0 amide bonds. The van der Waals surface area contributed by atoms with Gasteiger partial charge in [0.05, 0.1) is 18.9 Å². The van der Waals surface area contributed by atoms with Gasteiger partial charge in [0.2, 0.25) is 0 Å². The number of phenolic OH excluding ortho intramolecular Hbond substituents is 1. The first-order chi connectivity index (χ1) is 9.58. The van der Waals surface area contributed by atoms with Gasteiger partial charge < -0.3 is 14.7 Å². The molecule has 5 nitrogen and oxygen atoms in total. The molecule has 1 saturated heterocycles. The minimum absolute atomic E-state index is 0.134. The number of hydrogen-bond donors (Lipinski definition) is 2. The van der Waals surface area contributed by atoms with Crippen LogP contribution in [-0.4, -0.2) is 47.1 Å². The van der Waals surface area contributed by atoms with Gasteiger partial charge in [-0.25, -0.2) is 0 Å². The van der Waals surface area contributed by atoms with Crippen molar-refractivity contribution in [3.8, 4) is 5.75 Å². The summed E-state index contributed by atoms with van der Waals surface area (Å²) in [4.78, 5) is 1.99. The van der Waals surface area contributed by atoms with Crippen molar-refractivity contribution in [2.24, 2.45) is 5.10 Å². The van der Waals surface area contributed by atoms with E-state index in [0.717, 1.165) is 13.1 Å². The highest BCUT2D eigenvalue weighted by Crippen LogP contribution is 2.21. The molecule has 1 aromatic rings. The maximum Gasteiger partial charge on any atom is 0.189 e. The Kier molecular flexibility index (Phi) is 5.17. The summed E-state index contributed by atoms with van der Waals surface area (Å²) in [6, 6.07) is 4.83. The second kappa shape index (κ2) is 6.88. The zero-order chi connectivity index (χ0) is 14.5. The Morgan fingerprint density at radius 1 is 1.45 bits per heavy atom. The van der Waals surface area contributed by atoms with Gasteiger partial charge in [0, 0.05) is 23.7 Å². The summed E-state index contributed by atoms with van der Waals surface area (Å²) in [5.74, 6) is 0.134. The van der Waals surface area contributed by atoms with E-state index in [2.05, 4.69) is 10.5 Å². The van der Waals surface area contributed by atoms with Gasteiger partial charge in [-0.3, -0.25) is 5.43 Å². The van der Waals surface area contributed by atoms with Crippen LogP contribution in [0.5, 0.6) is 5.75 Å². The Balaban J connectivity index is 2.03. The van der Waals surface area contributed by atoms with E-state index in [4.69, 9.17) is 28.6 Å². The molecule has 2 N–H and O–H groups in total. The van der Waals surface area contributed by atoms with Gasteiger partial charge >= 0.3 is 0 Å². The van der Waals surface area contributed by atoms with Crippen molar-refractivity contribution in [1.29, 1.82) is 0 Å². The van der Waals surface area contributed by atoms with Gasteiger partial charge in [-0.2, -0.15) is 5.10 Å². The van der Waals surface area contributed by atoms with Crippen molar-refractivity contribution in [1.82, 2.24) is 10.3 Å². The molecule has 7 heteroatoms. The Morgan fingerprint density at radius 3 is 2.85 bits per heavy atom. The minimum atomic E-state index is 0.134. The lowest BCUT2D eigenvalue weighted by Gasteiger charge is -2.28. The summed E-state index contributed by atoms with van der Waals surface area (Å²) in [6.45, 7) is 4.62. The van der Waals surface area contributed by atoms with Gasteiger partial charge in [-0.05, 0) is 37.3 Å². The zero-order valence-corrected chi connectivity index (χ0v) is 12.7. The molecule has 0 unspecified atom stereocenters. The van der Waals surface area contributed by atoms with Gasteiger partial charge in [-0.1, -0.05) is 11.6 Å². The van der Waals surface area contributed by atoms with Crippen molar-refractivity contribution in [3.05, 3.63) is 28.8 Å². The topological polar surface area (TPSA) is 57.1 Å². The fourth-order valence-corrected chi connectivity index (χ4v) is 2.23. The summed E-state index contributed by atoms with van der Waals surface area (Å²) in [6.07, 6.45) is 0. The fraction of sp³-hybridized carbons (Fsp3) is 0.385. The normalized spacial score (nSPS) is 16.1. The van der Waals surface area contributed by atoms with Crippen LogP contribution in [0.1, 0.15) is 12.5 Å². The standard InChI is InChI=1S/C13H16ClN3O2S/c1-9(11-8-10(14)2-3-12(11)18)15-16-13(20)17-4-6-19-7-5-17/h2-3,8,18H,4-7H2,1H3,(H,16,20)/b15-9+. The largest absolute Gasteiger partial charge is 0.507 e. The molecular formula is C13H16ClN3O2S. The number of halogens is 1. The van der Waals surface area contributed by atoms with Crippen LogP contribution in [0.3, 0.4) is 0 Å². The quantitative estimate of drug-likeness (QED) is 0.497. The Hall–Kier alpha value is -1.37. The molecule has 0 atom stereocenters. The number of benzene rings is 1. The third kappa shape index (κ3) is 3.82. The van der Waals surface area contributed by atoms with E-state index < -0.39 is 0 Å². The summed E-state index contributed by atoms with van der Waals surface area (Å²) < 4.78 is 5.26. The predicted octanol–water partition coefficient (Wildman–Crippen LogP) is 1.98. The molecular weight excluding hydrogens is 298 g/mol. The number of thiocarbonyl (C=S) groups is 1. The molecule has 1 aromatic carbocycles. The fourth-order valence-electron chi connectivity index (χ4n) is 1.83. The van der Waals surface area contributed by atoms with Crippen LogP contribution in [-0.2, 0) is 4.74 Å². The van der Waals surface area contributed by atoms with E-state index in [9.17, 15) is 5.11 Å². The summed E-state index contributed by atoms with van der Waals surface area (Å²) in [7, 11) is 0. The lowest BCUT2D eigenvalue weighted by Crippen LogP contribution is -2.44. The first-order valence-electron chi connectivity index (χ1n) is 6.24. The van der Waals surface area contributed by atoms with Crippen molar-refractivity contribution >= 4 is 34.6 Å². The highest BCUT2D eigenvalue weighted by molar-refractivity contribution is 7.80. The predicted molar refractivity (Wildman–Crippen MR) is 83.5 cm³/mol. The second-order valence-electron chi connectivity index (χ2n) is 4.38. The molecule has 0 spiro atoms. The van der Waals surface area contributed by atoms with Gasteiger partial charge in [0.15, 0.2) is 5.11 Å². The van der Waals surface area contributed by atoms with Gasteiger partial charge in [-0.15, -0.1) is 0 Å².